The van der Waals surface area contributed by atoms with Gasteiger partial charge >= 0.3 is 0 Å². The Morgan fingerprint density at radius 3 is 2.83 bits per heavy atom. The molecule has 0 spiro atoms. The molecule has 0 radical (unpaired) electrons. The standard InChI is InChI=1S/C9H11NO2/c1-10(11)7-8-4-3-5-9(6-8)12-2/h3-7H,1-2H3. The van der Waals surface area contributed by atoms with E-state index >= 15 is 0 Å². The average molecular weight is 165 g/mol. The number of rotatable bonds is 2. The van der Waals surface area contributed by atoms with Crippen molar-refractivity contribution in [2.45, 2.75) is 0 Å². The van der Waals surface area contributed by atoms with Crippen LogP contribution in [0.2, 0.25) is 0 Å². The number of nitrogens with zero attached hydrogens (tertiary/aromatic N) is 1. The van der Waals surface area contributed by atoms with Crippen molar-refractivity contribution < 1.29 is 9.48 Å². The van der Waals surface area contributed by atoms with E-state index in [0.29, 0.717) is 0 Å². The van der Waals surface area contributed by atoms with E-state index in [-0.39, 0.29) is 0 Å². The van der Waals surface area contributed by atoms with Gasteiger partial charge in [-0.05, 0) is 18.2 Å². The molecule has 0 aromatic heterocycles. The quantitative estimate of drug-likeness (QED) is 0.286. The van der Waals surface area contributed by atoms with E-state index in [1.54, 1.807) is 13.2 Å². The van der Waals surface area contributed by atoms with E-state index in [1.807, 2.05) is 18.2 Å². The van der Waals surface area contributed by atoms with Crippen LogP contribution in [0.15, 0.2) is 24.3 Å². The van der Waals surface area contributed by atoms with E-state index in [4.69, 9.17) is 4.74 Å². The van der Waals surface area contributed by atoms with E-state index in [9.17, 15) is 5.21 Å². The number of benzene rings is 1. The van der Waals surface area contributed by atoms with E-state index in [1.165, 1.54) is 13.3 Å². The molecule has 12 heavy (non-hydrogen) atoms. The fourth-order valence-electron chi connectivity index (χ4n) is 0.932. The third kappa shape index (κ3) is 2.27. The van der Waals surface area contributed by atoms with Crippen LogP contribution in [0, 0.1) is 5.21 Å². The third-order valence-electron chi connectivity index (χ3n) is 1.42. The first-order valence-corrected chi connectivity index (χ1v) is 3.61. The second-order valence-electron chi connectivity index (χ2n) is 2.45. The van der Waals surface area contributed by atoms with Gasteiger partial charge in [-0.25, -0.2) is 4.74 Å². The van der Waals surface area contributed by atoms with Crippen LogP contribution in [0.25, 0.3) is 0 Å². The number of hydroxylamine groups is 1. The molecule has 64 valence electrons. The molecular weight excluding hydrogens is 154 g/mol. The second-order valence-corrected chi connectivity index (χ2v) is 2.45. The topological polar surface area (TPSA) is 35.3 Å². The monoisotopic (exact) mass is 165 g/mol. The van der Waals surface area contributed by atoms with Gasteiger partial charge in [0.15, 0.2) is 6.21 Å². The summed E-state index contributed by atoms with van der Waals surface area (Å²) in [5.41, 5.74) is 0.840. The molecule has 3 heteroatoms. The zero-order chi connectivity index (χ0) is 8.97. The molecule has 0 fully saturated rings. The predicted octanol–water partition coefficient (Wildman–Crippen LogP) is 1.25. The van der Waals surface area contributed by atoms with Gasteiger partial charge in [-0.15, -0.1) is 0 Å². The Morgan fingerprint density at radius 1 is 1.50 bits per heavy atom. The van der Waals surface area contributed by atoms with Crippen molar-refractivity contribution >= 4 is 6.21 Å². The molecule has 0 aliphatic carbocycles. The molecule has 0 N–H and O–H groups in total. The van der Waals surface area contributed by atoms with Crippen LogP contribution >= 0.6 is 0 Å². The summed E-state index contributed by atoms with van der Waals surface area (Å²) in [6.45, 7) is 0. The van der Waals surface area contributed by atoms with Crippen LogP contribution in [0.5, 0.6) is 5.75 Å². The van der Waals surface area contributed by atoms with Gasteiger partial charge in [0.25, 0.3) is 0 Å². The van der Waals surface area contributed by atoms with Crippen LogP contribution in [0.4, 0.5) is 0 Å². The summed E-state index contributed by atoms with van der Waals surface area (Å²) in [5, 5.41) is 10.6. The Morgan fingerprint density at radius 2 is 2.25 bits per heavy atom. The van der Waals surface area contributed by atoms with Gasteiger partial charge in [0.2, 0.25) is 0 Å². The SMILES string of the molecule is COc1cccc(C=[N+](C)[O-])c1. The minimum atomic E-state index is 0.755. The molecule has 1 aromatic carbocycles. The van der Waals surface area contributed by atoms with E-state index in [2.05, 4.69) is 0 Å². The fraction of sp³-hybridized carbons (Fsp3) is 0.222. The second kappa shape index (κ2) is 3.76. The first kappa shape index (κ1) is 8.59. The van der Waals surface area contributed by atoms with Crippen molar-refractivity contribution in [3.63, 3.8) is 0 Å². The molecule has 0 atom stereocenters. The van der Waals surface area contributed by atoms with Gasteiger partial charge in [-0.3, -0.25) is 0 Å². The molecule has 0 heterocycles. The lowest BCUT2D eigenvalue weighted by molar-refractivity contribution is -0.416. The third-order valence-corrected chi connectivity index (χ3v) is 1.42. The molecule has 0 amide bonds. The van der Waals surface area contributed by atoms with Crippen LogP contribution < -0.4 is 4.74 Å². The first-order chi connectivity index (χ1) is 5.72. The first-order valence-electron chi connectivity index (χ1n) is 3.61. The summed E-state index contributed by atoms with van der Waals surface area (Å²) in [7, 11) is 3.04. The maximum Gasteiger partial charge on any atom is 0.181 e. The molecule has 1 aromatic rings. The zero-order valence-electron chi connectivity index (χ0n) is 7.15. The number of hydrogen-bond acceptors (Lipinski definition) is 2. The Kier molecular flexibility index (Phi) is 2.69. The molecule has 0 unspecified atom stereocenters. The molecule has 0 aliphatic rings. The number of methoxy groups -OCH3 is 1. The Balaban J connectivity index is 2.94. The fourth-order valence-corrected chi connectivity index (χ4v) is 0.932. The van der Waals surface area contributed by atoms with Crippen LogP contribution in [0.3, 0.4) is 0 Å². The Labute approximate surface area is 71.5 Å². The largest absolute Gasteiger partial charge is 0.624 e. The average Bonchev–Trinajstić information content (AvgIpc) is 2.03. The van der Waals surface area contributed by atoms with Crippen molar-refractivity contribution in [3.05, 3.63) is 35.0 Å². The maximum atomic E-state index is 10.6. The lowest BCUT2D eigenvalue weighted by Crippen LogP contribution is -1.97. The van der Waals surface area contributed by atoms with Gasteiger partial charge in [0.05, 0.1) is 7.11 Å². The molecule has 0 bridgehead atoms. The van der Waals surface area contributed by atoms with Gasteiger partial charge < -0.3 is 9.94 Å². The van der Waals surface area contributed by atoms with Gasteiger partial charge in [-0.1, -0.05) is 6.07 Å². The van der Waals surface area contributed by atoms with Crippen molar-refractivity contribution in [1.82, 2.24) is 0 Å². The summed E-state index contributed by atoms with van der Waals surface area (Å²) in [5.74, 6) is 0.755. The maximum absolute atomic E-state index is 10.6. The summed E-state index contributed by atoms with van der Waals surface area (Å²) >= 11 is 0. The van der Waals surface area contributed by atoms with Gasteiger partial charge in [0.1, 0.15) is 12.8 Å². The number of hydrogen-bond donors (Lipinski definition) is 0. The Hall–Kier alpha value is -1.51. The summed E-state index contributed by atoms with van der Waals surface area (Å²) < 4.78 is 5.75. The smallest absolute Gasteiger partial charge is 0.181 e. The summed E-state index contributed by atoms with van der Waals surface area (Å²) in [4.78, 5) is 0. The lowest BCUT2D eigenvalue weighted by atomic mass is 10.2. The predicted molar refractivity (Wildman–Crippen MR) is 47.7 cm³/mol. The Bertz CT molecular complexity index is 290. The van der Waals surface area contributed by atoms with Crippen molar-refractivity contribution in [1.29, 1.82) is 0 Å². The van der Waals surface area contributed by atoms with Gasteiger partial charge in [-0.2, -0.15) is 0 Å². The lowest BCUT2D eigenvalue weighted by Gasteiger charge is -1.99. The van der Waals surface area contributed by atoms with Crippen LogP contribution in [-0.2, 0) is 0 Å². The van der Waals surface area contributed by atoms with Crippen molar-refractivity contribution in [3.8, 4) is 5.75 Å². The van der Waals surface area contributed by atoms with E-state index < -0.39 is 0 Å². The highest BCUT2D eigenvalue weighted by atomic mass is 16.5. The molecule has 0 aliphatic heterocycles. The highest BCUT2D eigenvalue weighted by molar-refractivity contribution is 5.76. The van der Waals surface area contributed by atoms with Crippen LogP contribution in [-0.4, -0.2) is 25.1 Å². The molecule has 0 saturated carbocycles. The highest BCUT2D eigenvalue weighted by Gasteiger charge is 1.94. The van der Waals surface area contributed by atoms with Crippen LogP contribution in [0.1, 0.15) is 5.56 Å². The molecule has 1 rings (SSSR count). The molecule has 3 nitrogen and oxygen atoms in total. The molecular formula is C9H11NO2. The highest BCUT2D eigenvalue weighted by Crippen LogP contribution is 2.10. The zero-order valence-corrected chi connectivity index (χ0v) is 7.15. The minimum absolute atomic E-state index is 0.755. The number of ether oxygens (including phenoxy) is 1. The van der Waals surface area contributed by atoms with E-state index in [0.717, 1.165) is 16.1 Å². The van der Waals surface area contributed by atoms with Gasteiger partial charge in [0, 0.05) is 5.56 Å². The minimum Gasteiger partial charge on any atom is -0.624 e. The van der Waals surface area contributed by atoms with Crippen molar-refractivity contribution in [2.75, 3.05) is 14.2 Å². The summed E-state index contributed by atoms with van der Waals surface area (Å²) in [6, 6.07) is 7.32. The summed E-state index contributed by atoms with van der Waals surface area (Å²) in [6.07, 6.45) is 1.49. The van der Waals surface area contributed by atoms with Crippen molar-refractivity contribution in [2.24, 2.45) is 0 Å². The molecule has 0 saturated heterocycles. The normalized spacial score (nSPS) is 11.3.